The molecule has 0 aliphatic carbocycles. The first kappa shape index (κ1) is 22.5. The molecule has 2 amide bonds. The highest BCUT2D eigenvalue weighted by Gasteiger charge is 2.35. The smallest absolute Gasteiger partial charge is 0.270 e. The minimum Gasteiger partial charge on any atom is -0.318 e. The normalized spacial score (nSPS) is 15.5. The third kappa shape index (κ3) is 3.92. The van der Waals surface area contributed by atoms with Gasteiger partial charge < -0.3 is 4.57 Å². The summed E-state index contributed by atoms with van der Waals surface area (Å²) in [4.78, 5) is 27.4. The summed E-state index contributed by atoms with van der Waals surface area (Å²) in [5, 5.41) is 3.17. The number of carbonyl (C=O) groups excluding carboxylic acids is 2. The first-order valence-corrected chi connectivity index (χ1v) is 11.4. The Morgan fingerprint density at radius 1 is 1.06 bits per heavy atom. The van der Waals surface area contributed by atoms with Crippen LogP contribution in [0.4, 0.5) is 5.69 Å². The molecular weight excluding hydrogens is 510 g/mol. The van der Waals surface area contributed by atoms with Crippen molar-refractivity contribution >= 4 is 68.4 Å². The van der Waals surface area contributed by atoms with Gasteiger partial charge in [0.1, 0.15) is 5.57 Å². The lowest BCUT2D eigenvalue weighted by Crippen LogP contribution is -2.54. The summed E-state index contributed by atoms with van der Waals surface area (Å²) in [5.41, 5.74) is 4.92. The van der Waals surface area contributed by atoms with E-state index in [-0.39, 0.29) is 10.7 Å². The number of anilines is 1. The molecule has 5 nitrogen and oxygen atoms in total. The van der Waals surface area contributed by atoms with E-state index < -0.39 is 11.8 Å². The van der Waals surface area contributed by atoms with Gasteiger partial charge in [0, 0.05) is 26.6 Å². The number of hydrogen-bond donors (Lipinski definition) is 1. The minimum atomic E-state index is -0.524. The van der Waals surface area contributed by atoms with Crippen LogP contribution in [0.2, 0.25) is 5.02 Å². The van der Waals surface area contributed by atoms with Crippen molar-refractivity contribution in [3.05, 3.63) is 86.1 Å². The van der Waals surface area contributed by atoms with Crippen LogP contribution in [0, 0.1) is 20.8 Å². The largest absolute Gasteiger partial charge is 0.318 e. The first-order valence-electron chi connectivity index (χ1n) is 9.80. The molecule has 0 unspecified atom stereocenters. The van der Waals surface area contributed by atoms with Gasteiger partial charge in [-0.25, -0.2) is 0 Å². The Balaban J connectivity index is 1.78. The quantitative estimate of drug-likeness (QED) is 0.272. The number of nitrogens with one attached hydrogen (secondary N) is 1. The number of carbonyl (C=O) groups is 2. The SMILES string of the molecule is Cc1c(Cl)cccc1N1C(=O)/C(=C\c2cc(C)n(-c3ccc(Br)cc3)c2C)C(=O)NC1=S. The van der Waals surface area contributed by atoms with Gasteiger partial charge in [-0.05, 0) is 92.7 Å². The van der Waals surface area contributed by atoms with Gasteiger partial charge in [0.25, 0.3) is 11.8 Å². The number of hydrogen-bond acceptors (Lipinski definition) is 3. The molecule has 0 bridgehead atoms. The van der Waals surface area contributed by atoms with Crippen LogP contribution in [0.25, 0.3) is 11.8 Å². The molecule has 0 spiro atoms. The molecule has 0 saturated carbocycles. The molecule has 1 aliphatic rings. The summed E-state index contributed by atoms with van der Waals surface area (Å²) < 4.78 is 3.07. The second kappa shape index (κ2) is 8.65. The van der Waals surface area contributed by atoms with E-state index in [0.29, 0.717) is 16.3 Å². The molecule has 2 aromatic carbocycles. The standard InChI is InChI=1S/C24H19BrClN3O2S/c1-13-11-16(15(3)28(13)18-9-7-17(25)8-10-18)12-19-22(30)27-24(32)29(23(19)31)21-6-4-5-20(26)14(21)2/h4-12H,1-3H3,(H,27,30,32)/b19-12-. The molecule has 1 aliphatic heterocycles. The molecule has 32 heavy (non-hydrogen) atoms. The van der Waals surface area contributed by atoms with Crippen molar-refractivity contribution in [1.82, 2.24) is 9.88 Å². The summed E-state index contributed by atoms with van der Waals surface area (Å²) >= 11 is 15.0. The summed E-state index contributed by atoms with van der Waals surface area (Å²) in [6, 6.07) is 15.1. The van der Waals surface area contributed by atoms with Crippen LogP contribution < -0.4 is 10.2 Å². The van der Waals surface area contributed by atoms with Gasteiger partial charge in [0.2, 0.25) is 0 Å². The molecule has 4 rings (SSSR count). The van der Waals surface area contributed by atoms with Gasteiger partial charge in [-0.1, -0.05) is 33.6 Å². The Bertz CT molecular complexity index is 1310. The molecule has 0 atom stereocenters. The molecule has 8 heteroatoms. The summed E-state index contributed by atoms with van der Waals surface area (Å²) in [6.45, 7) is 5.74. The van der Waals surface area contributed by atoms with E-state index in [4.69, 9.17) is 23.8 Å². The van der Waals surface area contributed by atoms with E-state index in [2.05, 4.69) is 25.8 Å². The number of rotatable bonds is 3. The monoisotopic (exact) mass is 527 g/mol. The lowest BCUT2D eigenvalue weighted by molar-refractivity contribution is -0.122. The first-order chi connectivity index (χ1) is 15.2. The third-order valence-corrected chi connectivity index (χ3v) is 6.66. The van der Waals surface area contributed by atoms with Crippen molar-refractivity contribution in [3.8, 4) is 5.69 Å². The van der Waals surface area contributed by atoms with E-state index in [9.17, 15) is 9.59 Å². The molecule has 3 aromatic rings. The average molecular weight is 529 g/mol. The topological polar surface area (TPSA) is 54.3 Å². The number of aromatic nitrogens is 1. The number of nitrogens with zero attached hydrogens (tertiary/aromatic N) is 2. The lowest BCUT2D eigenvalue weighted by Gasteiger charge is -2.30. The maximum absolute atomic E-state index is 13.4. The zero-order valence-corrected chi connectivity index (χ0v) is 20.7. The van der Waals surface area contributed by atoms with Crippen molar-refractivity contribution in [2.24, 2.45) is 0 Å². The molecule has 1 fully saturated rings. The Morgan fingerprint density at radius 2 is 1.75 bits per heavy atom. The predicted octanol–water partition coefficient (Wildman–Crippen LogP) is 5.65. The maximum atomic E-state index is 13.4. The van der Waals surface area contributed by atoms with Gasteiger partial charge in [-0.2, -0.15) is 0 Å². The molecule has 162 valence electrons. The van der Waals surface area contributed by atoms with Crippen LogP contribution in [-0.2, 0) is 9.59 Å². The van der Waals surface area contributed by atoms with E-state index in [1.807, 2.05) is 44.2 Å². The average Bonchev–Trinajstić information content (AvgIpc) is 3.02. The van der Waals surface area contributed by atoms with Gasteiger partial charge in [-0.15, -0.1) is 0 Å². The highest BCUT2D eigenvalue weighted by molar-refractivity contribution is 9.10. The molecule has 1 aromatic heterocycles. The Hall–Kier alpha value is -2.74. The summed E-state index contributed by atoms with van der Waals surface area (Å²) in [7, 11) is 0. The van der Waals surface area contributed by atoms with Crippen molar-refractivity contribution in [2.45, 2.75) is 20.8 Å². The second-order valence-corrected chi connectivity index (χ2v) is 9.19. The molecular formula is C24H19BrClN3O2S. The number of thiocarbonyl (C=S) groups is 1. The van der Waals surface area contributed by atoms with Crippen LogP contribution in [0.3, 0.4) is 0 Å². The second-order valence-electron chi connectivity index (χ2n) is 7.48. The summed E-state index contributed by atoms with van der Waals surface area (Å²) in [6.07, 6.45) is 1.62. The zero-order chi connectivity index (χ0) is 23.2. The Labute approximate surface area is 204 Å². The van der Waals surface area contributed by atoms with Crippen molar-refractivity contribution in [1.29, 1.82) is 0 Å². The highest BCUT2D eigenvalue weighted by Crippen LogP contribution is 2.30. The number of amides is 2. The van der Waals surface area contributed by atoms with Gasteiger partial charge in [0.15, 0.2) is 5.11 Å². The van der Waals surface area contributed by atoms with Crippen LogP contribution in [0.15, 0.2) is 58.6 Å². The maximum Gasteiger partial charge on any atom is 0.270 e. The van der Waals surface area contributed by atoms with Crippen LogP contribution in [-0.4, -0.2) is 21.5 Å². The number of aryl methyl sites for hydroxylation is 1. The number of benzene rings is 2. The highest BCUT2D eigenvalue weighted by atomic mass is 79.9. The van der Waals surface area contributed by atoms with Gasteiger partial charge >= 0.3 is 0 Å². The fraction of sp³-hybridized carbons (Fsp3) is 0.125. The van der Waals surface area contributed by atoms with Gasteiger partial charge in [0.05, 0.1) is 5.69 Å². The molecule has 2 heterocycles. The van der Waals surface area contributed by atoms with Crippen LogP contribution in [0.5, 0.6) is 0 Å². The van der Waals surface area contributed by atoms with E-state index in [1.54, 1.807) is 31.2 Å². The zero-order valence-electron chi connectivity index (χ0n) is 17.6. The lowest BCUT2D eigenvalue weighted by atomic mass is 10.1. The Morgan fingerprint density at radius 3 is 2.44 bits per heavy atom. The van der Waals surface area contributed by atoms with E-state index in [0.717, 1.165) is 27.1 Å². The van der Waals surface area contributed by atoms with E-state index in [1.165, 1.54) is 4.90 Å². The minimum absolute atomic E-state index is 0.00836. The van der Waals surface area contributed by atoms with Crippen molar-refractivity contribution in [3.63, 3.8) is 0 Å². The van der Waals surface area contributed by atoms with Crippen molar-refractivity contribution < 1.29 is 9.59 Å². The van der Waals surface area contributed by atoms with Crippen LogP contribution in [0.1, 0.15) is 22.5 Å². The summed E-state index contributed by atoms with van der Waals surface area (Å²) in [5.74, 6) is -1.01. The Kier molecular flexibility index (Phi) is 6.07. The van der Waals surface area contributed by atoms with Gasteiger partial charge in [-0.3, -0.25) is 19.8 Å². The molecule has 1 saturated heterocycles. The molecule has 1 N–H and O–H groups in total. The molecule has 0 radical (unpaired) electrons. The fourth-order valence-corrected chi connectivity index (χ4v) is 4.50. The fourth-order valence-electron chi connectivity index (χ4n) is 3.79. The third-order valence-electron chi connectivity index (χ3n) is 5.44. The van der Waals surface area contributed by atoms with Crippen molar-refractivity contribution in [2.75, 3.05) is 4.90 Å². The van der Waals surface area contributed by atoms with Crippen LogP contribution >= 0.6 is 39.7 Å². The predicted molar refractivity (Wildman–Crippen MR) is 135 cm³/mol. The number of halogens is 2. The van der Waals surface area contributed by atoms with E-state index >= 15 is 0 Å².